The molecule has 5 aromatic rings. The lowest BCUT2D eigenvalue weighted by molar-refractivity contribution is -0.133. The molecule has 11 heteroatoms. The molecule has 0 bridgehead atoms. The van der Waals surface area contributed by atoms with Crippen LogP contribution in [0.5, 0.6) is 11.5 Å². The van der Waals surface area contributed by atoms with Crippen LogP contribution in [0.3, 0.4) is 0 Å². The van der Waals surface area contributed by atoms with E-state index in [1.54, 1.807) is 57.4 Å². The van der Waals surface area contributed by atoms with Gasteiger partial charge in [0.1, 0.15) is 29.6 Å². The van der Waals surface area contributed by atoms with Gasteiger partial charge in [0.05, 0.1) is 12.5 Å². The van der Waals surface area contributed by atoms with Crippen LogP contribution in [-0.2, 0) is 23.9 Å². The van der Waals surface area contributed by atoms with E-state index in [1.165, 1.54) is 0 Å². The van der Waals surface area contributed by atoms with Gasteiger partial charge in [0.15, 0.2) is 5.82 Å². The number of nitrogens with one attached hydrogen (secondary N) is 1. The Morgan fingerprint density at radius 3 is 2.44 bits per heavy atom. The minimum absolute atomic E-state index is 0.103. The molecule has 43 heavy (non-hydrogen) atoms. The molecular weight excluding hydrogens is 577 g/mol. The van der Waals surface area contributed by atoms with Crippen LogP contribution in [0, 0.1) is 18.8 Å². The lowest BCUT2D eigenvalue weighted by atomic mass is 9.96. The van der Waals surface area contributed by atoms with Gasteiger partial charge in [0, 0.05) is 29.2 Å². The quantitative estimate of drug-likeness (QED) is 0.125. The van der Waals surface area contributed by atoms with Gasteiger partial charge in [-0.25, -0.2) is 0 Å². The van der Waals surface area contributed by atoms with Crippen molar-refractivity contribution in [2.24, 2.45) is 0 Å². The Morgan fingerprint density at radius 2 is 1.77 bits per heavy atom. The Labute approximate surface area is 251 Å². The van der Waals surface area contributed by atoms with E-state index in [0.717, 1.165) is 22.5 Å². The number of thiophene rings is 1. The Morgan fingerprint density at radius 1 is 0.977 bits per heavy atom. The van der Waals surface area contributed by atoms with Crippen molar-refractivity contribution in [3.63, 3.8) is 0 Å². The summed E-state index contributed by atoms with van der Waals surface area (Å²) < 4.78 is 59.9. The largest absolute Gasteiger partial charge is 0.491 e. The van der Waals surface area contributed by atoms with Gasteiger partial charge in [-0.15, -0.1) is 27.5 Å². The maximum Gasteiger partial charge on any atom is 0.426 e. The summed E-state index contributed by atoms with van der Waals surface area (Å²) in [5.74, 6) is 7.81. The second kappa shape index (κ2) is 13.3. The van der Waals surface area contributed by atoms with E-state index in [0.29, 0.717) is 58.2 Å². The van der Waals surface area contributed by atoms with E-state index < -0.39 is 11.1 Å². The molecule has 1 N–H and O–H groups in total. The number of benzene rings is 3. The number of halogens is 3. The summed E-state index contributed by atoms with van der Waals surface area (Å²) in [5, 5.41) is 14.6. The third kappa shape index (κ3) is 7.16. The predicted molar refractivity (Wildman–Crippen MR) is 159 cm³/mol. The molecule has 1 atom stereocenters. The maximum atomic E-state index is 14.2. The Bertz CT molecular complexity index is 1740. The van der Waals surface area contributed by atoms with Gasteiger partial charge in [0.25, 0.3) is 0 Å². The normalized spacial score (nSPS) is 12.1. The van der Waals surface area contributed by atoms with Crippen LogP contribution in [0.1, 0.15) is 40.2 Å². The van der Waals surface area contributed by atoms with Gasteiger partial charge in [-0.2, -0.15) is 18.4 Å². The first-order chi connectivity index (χ1) is 20.8. The van der Waals surface area contributed by atoms with Crippen molar-refractivity contribution in [3.8, 4) is 34.5 Å². The highest BCUT2D eigenvalue weighted by Crippen LogP contribution is 2.48. The van der Waals surface area contributed by atoms with Crippen LogP contribution in [-0.4, -0.2) is 40.9 Å². The highest BCUT2D eigenvalue weighted by molar-refractivity contribution is 7.19. The number of hydrogen-bond donors (Lipinski definition) is 1. The minimum Gasteiger partial charge on any atom is -0.491 e. The van der Waals surface area contributed by atoms with Crippen LogP contribution in [0.2, 0.25) is 0 Å². The Kier molecular flexibility index (Phi) is 9.28. The van der Waals surface area contributed by atoms with E-state index in [4.69, 9.17) is 14.2 Å². The molecule has 0 spiro atoms. The Balaban J connectivity index is 1.38. The van der Waals surface area contributed by atoms with Crippen molar-refractivity contribution in [1.82, 2.24) is 20.6 Å². The topological polar surface area (TPSA) is 82.2 Å². The molecule has 0 aliphatic rings. The van der Waals surface area contributed by atoms with Crippen LogP contribution in [0.25, 0.3) is 21.2 Å². The third-order valence-electron chi connectivity index (χ3n) is 6.82. The number of nitrogens with zero attached hydrogens (tertiary/aromatic N) is 3. The second-order valence-electron chi connectivity index (χ2n) is 9.79. The molecule has 0 amide bonds. The highest BCUT2D eigenvalue weighted by atomic mass is 32.1. The van der Waals surface area contributed by atoms with Crippen molar-refractivity contribution in [2.75, 3.05) is 20.3 Å². The van der Waals surface area contributed by atoms with Gasteiger partial charge < -0.3 is 14.2 Å². The number of aromatic nitrogens is 4. The van der Waals surface area contributed by atoms with E-state index in [-0.39, 0.29) is 18.1 Å². The number of hydrogen-bond acceptors (Lipinski definition) is 7. The smallest absolute Gasteiger partial charge is 0.426 e. The van der Waals surface area contributed by atoms with Gasteiger partial charge in [-0.05, 0) is 72.5 Å². The van der Waals surface area contributed by atoms with E-state index in [1.807, 2.05) is 24.3 Å². The standard InChI is InChI=1S/C32H29F3N4O3S/c1-4-5-23(18-29-36-38-39-37-29)22-7-9-24(10-8-22)42-19-21-6-13-28-27(17-21)30(31(43-28)32(33,34)35)26-12-11-25(16-20(26)2)41-15-14-40-3/h6-13,16-17,23H,14-15,18-19H2,1-3H3,(H,36,37,38,39)/t23-/m0/s1. The Hall–Kier alpha value is -4.40. The van der Waals surface area contributed by atoms with Crippen molar-refractivity contribution < 1.29 is 27.4 Å². The number of fused-ring (bicyclic) bond motifs is 1. The van der Waals surface area contributed by atoms with Gasteiger partial charge in [-0.3, -0.25) is 0 Å². The number of H-pyrrole nitrogens is 1. The average molecular weight is 607 g/mol. The summed E-state index contributed by atoms with van der Waals surface area (Å²) in [7, 11) is 1.58. The first-order valence-electron chi connectivity index (χ1n) is 13.5. The summed E-state index contributed by atoms with van der Waals surface area (Å²) in [6.07, 6.45) is -3.98. The van der Waals surface area contributed by atoms with Crippen molar-refractivity contribution in [1.29, 1.82) is 0 Å². The second-order valence-corrected chi connectivity index (χ2v) is 10.8. The molecule has 0 radical (unpaired) electrons. The van der Waals surface area contributed by atoms with Crippen molar-refractivity contribution in [2.45, 2.75) is 39.0 Å². The SMILES string of the molecule is CC#C[C@@H](Cc1nn[nH]n1)c1ccc(OCc2ccc3sc(C(F)(F)F)c(-c4ccc(OCCOC)cc4C)c3c2)cc1. The number of aryl methyl sites for hydroxylation is 1. The number of tetrazole rings is 1. The molecule has 0 saturated carbocycles. The number of aromatic amines is 1. The summed E-state index contributed by atoms with van der Waals surface area (Å²) >= 11 is 0.748. The summed E-state index contributed by atoms with van der Waals surface area (Å²) in [5.41, 5.74) is 3.11. The zero-order valence-corrected chi connectivity index (χ0v) is 24.6. The summed E-state index contributed by atoms with van der Waals surface area (Å²) in [4.78, 5) is -0.627. The first kappa shape index (κ1) is 30.1. The van der Waals surface area contributed by atoms with E-state index in [9.17, 15) is 13.2 Å². The fourth-order valence-corrected chi connectivity index (χ4v) is 5.86. The fraction of sp³-hybridized carbons (Fsp3) is 0.281. The number of ether oxygens (including phenoxy) is 3. The molecule has 0 fully saturated rings. The summed E-state index contributed by atoms with van der Waals surface area (Å²) in [6.45, 7) is 4.53. The average Bonchev–Trinajstić information content (AvgIpc) is 3.64. The van der Waals surface area contributed by atoms with Crippen molar-refractivity contribution in [3.05, 3.63) is 88.1 Å². The molecule has 2 heterocycles. The van der Waals surface area contributed by atoms with Gasteiger partial charge >= 0.3 is 6.18 Å². The molecule has 222 valence electrons. The van der Waals surface area contributed by atoms with Crippen molar-refractivity contribution >= 4 is 21.4 Å². The number of methoxy groups -OCH3 is 1. The highest BCUT2D eigenvalue weighted by Gasteiger charge is 2.37. The van der Waals surface area contributed by atoms with Crippen LogP contribution in [0.15, 0.2) is 60.7 Å². The maximum absolute atomic E-state index is 14.2. The van der Waals surface area contributed by atoms with E-state index in [2.05, 4.69) is 32.5 Å². The number of alkyl halides is 3. The molecule has 7 nitrogen and oxygen atoms in total. The predicted octanol–water partition coefficient (Wildman–Crippen LogP) is 7.36. The molecule has 0 aliphatic carbocycles. The monoisotopic (exact) mass is 606 g/mol. The molecule has 2 aromatic heterocycles. The van der Waals surface area contributed by atoms with Crippen LogP contribution < -0.4 is 9.47 Å². The number of rotatable bonds is 11. The van der Waals surface area contributed by atoms with Crippen LogP contribution >= 0.6 is 11.3 Å². The van der Waals surface area contributed by atoms with Gasteiger partial charge in [-0.1, -0.05) is 35.4 Å². The molecule has 0 unspecified atom stereocenters. The lowest BCUT2D eigenvalue weighted by Gasteiger charge is -2.13. The lowest BCUT2D eigenvalue weighted by Crippen LogP contribution is -2.05. The molecule has 0 saturated heterocycles. The molecular formula is C32H29F3N4O3S. The fourth-order valence-electron chi connectivity index (χ4n) is 4.79. The van der Waals surface area contributed by atoms with E-state index >= 15 is 0 Å². The zero-order chi connectivity index (χ0) is 30.4. The molecule has 0 aliphatic heterocycles. The third-order valence-corrected chi connectivity index (χ3v) is 8.03. The summed E-state index contributed by atoms with van der Waals surface area (Å²) in [6, 6.07) is 18.0. The minimum atomic E-state index is -4.50. The molecule has 3 aromatic carbocycles. The van der Waals surface area contributed by atoms with Crippen LogP contribution in [0.4, 0.5) is 13.2 Å². The first-order valence-corrected chi connectivity index (χ1v) is 14.3. The van der Waals surface area contributed by atoms with Gasteiger partial charge in [0.2, 0.25) is 0 Å². The molecule has 5 rings (SSSR count). The zero-order valence-electron chi connectivity index (χ0n) is 23.8.